The number of aliphatic hydroxyl groups is 2. The van der Waals surface area contributed by atoms with E-state index in [2.05, 4.69) is 11.8 Å². The molecule has 1 rings (SSSR count). The van der Waals surface area contributed by atoms with Crippen molar-refractivity contribution >= 4 is 5.78 Å². The lowest BCUT2D eigenvalue weighted by Gasteiger charge is -2.42. The van der Waals surface area contributed by atoms with Crippen LogP contribution in [0.2, 0.25) is 0 Å². The van der Waals surface area contributed by atoms with E-state index in [1.807, 2.05) is 14.0 Å². The Bertz CT molecular complexity index is 283. The van der Waals surface area contributed by atoms with Gasteiger partial charge in [-0.05, 0) is 32.7 Å². The van der Waals surface area contributed by atoms with Gasteiger partial charge in [0.1, 0.15) is 5.78 Å². The number of nitrogens with zero attached hydrogens (tertiary/aromatic N) is 1. The van der Waals surface area contributed by atoms with E-state index >= 15 is 0 Å². The predicted molar refractivity (Wildman–Crippen MR) is 76.0 cm³/mol. The third-order valence-electron chi connectivity index (χ3n) is 4.26. The highest BCUT2D eigenvalue weighted by atomic mass is 16.3. The third-order valence-corrected chi connectivity index (χ3v) is 4.26. The lowest BCUT2D eigenvalue weighted by atomic mass is 9.87. The lowest BCUT2D eigenvalue weighted by Crippen LogP contribution is -2.50. The quantitative estimate of drug-likeness (QED) is 0.740. The van der Waals surface area contributed by atoms with Crippen LogP contribution >= 0.6 is 0 Å². The second-order valence-electron chi connectivity index (χ2n) is 5.87. The molecule has 0 spiro atoms. The van der Waals surface area contributed by atoms with E-state index in [9.17, 15) is 15.0 Å². The number of hydrogen-bond acceptors (Lipinski definition) is 4. The number of rotatable bonds is 7. The number of Topliss-reactive ketones (excluding diaryl/α,β-unsaturated/α-hetero) is 1. The van der Waals surface area contributed by atoms with Crippen molar-refractivity contribution in [2.45, 2.75) is 83.1 Å². The van der Waals surface area contributed by atoms with E-state index in [1.165, 1.54) is 0 Å². The zero-order valence-corrected chi connectivity index (χ0v) is 12.5. The van der Waals surface area contributed by atoms with Crippen LogP contribution in [-0.4, -0.2) is 52.2 Å². The normalized spacial score (nSPS) is 30.3. The molecule has 112 valence electrons. The Kier molecular flexibility index (Phi) is 6.97. The monoisotopic (exact) mass is 271 g/mol. The molecule has 1 aliphatic heterocycles. The van der Waals surface area contributed by atoms with Gasteiger partial charge >= 0.3 is 0 Å². The first-order valence-electron chi connectivity index (χ1n) is 7.57. The van der Waals surface area contributed by atoms with Crippen molar-refractivity contribution in [3.05, 3.63) is 0 Å². The Morgan fingerprint density at radius 2 is 1.95 bits per heavy atom. The molecule has 0 aromatic rings. The first-order chi connectivity index (χ1) is 8.97. The summed E-state index contributed by atoms with van der Waals surface area (Å²) < 4.78 is 0. The van der Waals surface area contributed by atoms with Crippen LogP contribution in [0.15, 0.2) is 0 Å². The highest BCUT2D eigenvalue weighted by Gasteiger charge is 2.34. The molecule has 1 heterocycles. The van der Waals surface area contributed by atoms with E-state index in [0.29, 0.717) is 32.1 Å². The summed E-state index contributed by atoms with van der Waals surface area (Å²) in [5, 5.41) is 19.9. The van der Waals surface area contributed by atoms with Gasteiger partial charge in [-0.25, -0.2) is 0 Å². The Morgan fingerprint density at radius 3 is 2.53 bits per heavy atom. The van der Waals surface area contributed by atoms with Gasteiger partial charge in [-0.15, -0.1) is 0 Å². The highest BCUT2D eigenvalue weighted by Crippen LogP contribution is 2.27. The van der Waals surface area contributed by atoms with Gasteiger partial charge in [0.25, 0.3) is 0 Å². The van der Waals surface area contributed by atoms with Crippen LogP contribution < -0.4 is 0 Å². The highest BCUT2D eigenvalue weighted by molar-refractivity contribution is 5.78. The molecular formula is C15H29NO3. The van der Waals surface area contributed by atoms with Gasteiger partial charge in [0.05, 0.1) is 12.2 Å². The summed E-state index contributed by atoms with van der Waals surface area (Å²) in [5.41, 5.74) is 0. The maximum absolute atomic E-state index is 11.6. The fraction of sp³-hybridized carbons (Fsp3) is 0.933. The van der Waals surface area contributed by atoms with E-state index < -0.39 is 0 Å². The number of hydrogen-bond donors (Lipinski definition) is 2. The second-order valence-corrected chi connectivity index (χ2v) is 5.87. The maximum atomic E-state index is 11.6. The number of ketones is 1. The van der Waals surface area contributed by atoms with Gasteiger partial charge < -0.3 is 10.2 Å². The molecule has 0 aromatic heterocycles. The molecule has 0 amide bonds. The predicted octanol–water partition coefficient (Wildman–Crippen LogP) is 1.73. The SMILES string of the molecule is CCCC(O)CC1CC(O)CC(CC(=O)CC)N1C. The van der Waals surface area contributed by atoms with Crippen LogP contribution in [0.25, 0.3) is 0 Å². The van der Waals surface area contributed by atoms with Crippen LogP contribution in [0, 0.1) is 0 Å². The van der Waals surface area contributed by atoms with Gasteiger partial charge in [0, 0.05) is 24.9 Å². The fourth-order valence-electron chi connectivity index (χ4n) is 3.02. The lowest BCUT2D eigenvalue weighted by molar-refractivity contribution is -0.121. The number of likely N-dealkylation sites (tertiary alicyclic amines) is 1. The van der Waals surface area contributed by atoms with Crippen molar-refractivity contribution < 1.29 is 15.0 Å². The van der Waals surface area contributed by atoms with Gasteiger partial charge in [-0.1, -0.05) is 20.3 Å². The molecule has 0 saturated carbocycles. The molecule has 4 atom stereocenters. The molecule has 1 saturated heterocycles. The van der Waals surface area contributed by atoms with Gasteiger partial charge in [-0.2, -0.15) is 0 Å². The van der Waals surface area contributed by atoms with Crippen molar-refractivity contribution in [2.75, 3.05) is 7.05 Å². The second kappa shape index (κ2) is 7.98. The van der Waals surface area contributed by atoms with E-state index in [1.54, 1.807) is 0 Å². The van der Waals surface area contributed by atoms with Crippen LogP contribution in [0.5, 0.6) is 0 Å². The van der Waals surface area contributed by atoms with Crippen molar-refractivity contribution in [1.29, 1.82) is 0 Å². The van der Waals surface area contributed by atoms with Crippen molar-refractivity contribution in [3.8, 4) is 0 Å². The van der Waals surface area contributed by atoms with Crippen molar-refractivity contribution in [3.63, 3.8) is 0 Å². The fourth-order valence-corrected chi connectivity index (χ4v) is 3.02. The van der Waals surface area contributed by atoms with Gasteiger partial charge in [0.2, 0.25) is 0 Å². The van der Waals surface area contributed by atoms with Crippen molar-refractivity contribution in [1.82, 2.24) is 4.90 Å². The molecule has 4 unspecified atom stereocenters. The Hall–Kier alpha value is -0.450. The summed E-state index contributed by atoms with van der Waals surface area (Å²) in [6, 6.07) is 0.301. The Labute approximate surface area is 116 Å². The minimum Gasteiger partial charge on any atom is -0.393 e. The van der Waals surface area contributed by atoms with E-state index in [-0.39, 0.29) is 30.1 Å². The first kappa shape index (κ1) is 16.6. The number of piperidine rings is 1. The standard InChI is InChI=1S/C15H29NO3/c1-4-6-14(18)8-12-10-15(19)9-11(16(12)3)7-13(17)5-2/h11-12,14-15,18-19H,4-10H2,1-3H3. The van der Waals surface area contributed by atoms with Gasteiger partial charge in [-0.3, -0.25) is 9.69 Å². The Morgan fingerprint density at radius 1 is 1.32 bits per heavy atom. The number of carbonyl (C=O) groups excluding carboxylic acids is 1. The summed E-state index contributed by atoms with van der Waals surface area (Å²) in [7, 11) is 2.02. The topological polar surface area (TPSA) is 60.8 Å². The molecule has 4 nitrogen and oxygen atoms in total. The van der Waals surface area contributed by atoms with Crippen LogP contribution in [-0.2, 0) is 4.79 Å². The molecule has 2 N–H and O–H groups in total. The van der Waals surface area contributed by atoms with Crippen molar-refractivity contribution in [2.24, 2.45) is 0 Å². The summed E-state index contributed by atoms with van der Waals surface area (Å²) >= 11 is 0. The zero-order chi connectivity index (χ0) is 14.4. The average molecular weight is 271 g/mol. The molecule has 0 aliphatic carbocycles. The van der Waals surface area contributed by atoms with Crippen LogP contribution in [0.4, 0.5) is 0 Å². The van der Waals surface area contributed by atoms with E-state index in [0.717, 1.165) is 12.8 Å². The third kappa shape index (κ3) is 5.21. The molecule has 19 heavy (non-hydrogen) atoms. The largest absolute Gasteiger partial charge is 0.393 e. The summed E-state index contributed by atoms with van der Waals surface area (Å²) in [5.74, 6) is 0.249. The summed E-state index contributed by atoms with van der Waals surface area (Å²) in [6.07, 6.45) is 4.27. The molecule has 1 aliphatic rings. The van der Waals surface area contributed by atoms with Gasteiger partial charge in [0.15, 0.2) is 0 Å². The first-order valence-corrected chi connectivity index (χ1v) is 7.57. The average Bonchev–Trinajstić information content (AvgIpc) is 2.35. The molecule has 0 bridgehead atoms. The van der Waals surface area contributed by atoms with E-state index in [4.69, 9.17) is 0 Å². The molecule has 4 heteroatoms. The van der Waals surface area contributed by atoms with Crippen LogP contribution in [0.3, 0.4) is 0 Å². The molecular weight excluding hydrogens is 242 g/mol. The maximum Gasteiger partial charge on any atom is 0.134 e. The Balaban J connectivity index is 2.58. The number of carbonyl (C=O) groups is 1. The molecule has 0 aromatic carbocycles. The summed E-state index contributed by atoms with van der Waals surface area (Å²) in [6.45, 7) is 3.94. The minimum absolute atomic E-state index is 0.120. The number of aliphatic hydroxyl groups excluding tert-OH is 2. The molecule has 1 fully saturated rings. The summed E-state index contributed by atoms with van der Waals surface area (Å²) in [4.78, 5) is 13.8. The molecule has 0 radical (unpaired) electrons. The smallest absolute Gasteiger partial charge is 0.134 e. The zero-order valence-electron chi connectivity index (χ0n) is 12.5. The minimum atomic E-state index is -0.343. The van der Waals surface area contributed by atoms with Crippen LogP contribution in [0.1, 0.15) is 58.8 Å².